The Kier molecular flexibility index (Phi) is 5.72. The van der Waals surface area contributed by atoms with Gasteiger partial charge < -0.3 is 15.2 Å². The number of aliphatic hydroxyl groups excluding tert-OH is 1. The number of hydrogen-bond acceptors (Lipinski definition) is 4. The predicted octanol–water partition coefficient (Wildman–Crippen LogP) is 2.91. The molecule has 2 N–H and O–H groups in total. The summed E-state index contributed by atoms with van der Waals surface area (Å²) < 4.78 is 5.91. The minimum absolute atomic E-state index is 0.108. The first-order valence-electron chi connectivity index (χ1n) is 7.23. The largest absolute Gasteiger partial charge is 0.455 e. The molecule has 0 radical (unpaired) electrons. The van der Waals surface area contributed by atoms with Gasteiger partial charge in [-0.2, -0.15) is 0 Å². The third kappa shape index (κ3) is 4.85. The summed E-state index contributed by atoms with van der Waals surface area (Å²) in [5.41, 5.74) is 2.08. The maximum absolute atomic E-state index is 9.10. The summed E-state index contributed by atoms with van der Waals surface area (Å²) in [4.78, 5) is 4.22. The van der Waals surface area contributed by atoms with E-state index in [0.717, 1.165) is 23.4 Å². The minimum atomic E-state index is 0.108. The summed E-state index contributed by atoms with van der Waals surface area (Å²) in [7, 11) is 0. The fraction of sp³-hybridized carbons (Fsp3) is 0.353. The van der Waals surface area contributed by atoms with Crippen LogP contribution in [-0.4, -0.2) is 22.7 Å². The van der Waals surface area contributed by atoms with Crippen LogP contribution in [0.3, 0.4) is 0 Å². The zero-order chi connectivity index (χ0) is 15.1. The van der Waals surface area contributed by atoms with E-state index >= 15 is 0 Å². The predicted molar refractivity (Wildman–Crippen MR) is 83.5 cm³/mol. The van der Waals surface area contributed by atoms with E-state index in [0.29, 0.717) is 18.2 Å². The standard InChI is InChI=1S/C17H22N2O2/c1-13(2)19-11-14-9-16(12-18-10-14)21-17-6-4-3-5-15(17)7-8-20/h3-6,9-10,12-13,19-20H,7-8,11H2,1-2H3. The summed E-state index contributed by atoms with van der Waals surface area (Å²) in [5, 5.41) is 12.5. The first kappa shape index (κ1) is 15.5. The average Bonchev–Trinajstić information content (AvgIpc) is 2.48. The molecule has 0 fully saturated rings. The van der Waals surface area contributed by atoms with Gasteiger partial charge in [-0.05, 0) is 29.7 Å². The van der Waals surface area contributed by atoms with Crippen LogP contribution in [0, 0.1) is 0 Å². The molecular weight excluding hydrogens is 264 g/mol. The number of pyridine rings is 1. The van der Waals surface area contributed by atoms with E-state index in [-0.39, 0.29) is 6.61 Å². The van der Waals surface area contributed by atoms with E-state index in [1.54, 1.807) is 6.20 Å². The second kappa shape index (κ2) is 7.76. The molecule has 4 nitrogen and oxygen atoms in total. The normalized spacial score (nSPS) is 10.9. The highest BCUT2D eigenvalue weighted by atomic mass is 16.5. The molecule has 1 aromatic heterocycles. The van der Waals surface area contributed by atoms with E-state index in [1.807, 2.05) is 36.5 Å². The number of nitrogens with one attached hydrogen (secondary N) is 1. The second-order valence-corrected chi connectivity index (χ2v) is 5.25. The monoisotopic (exact) mass is 286 g/mol. The Balaban J connectivity index is 2.11. The van der Waals surface area contributed by atoms with Crippen molar-refractivity contribution in [1.82, 2.24) is 10.3 Å². The molecule has 4 heteroatoms. The highest BCUT2D eigenvalue weighted by Crippen LogP contribution is 2.25. The average molecular weight is 286 g/mol. The summed E-state index contributed by atoms with van der Waals surface area (Å²) in [5.74, 6) is 1.48. The second-order valence-electron chi connectivity index (χ2n) is 5.25. The summed E-state index contributed by atoms with van der Waals surface area (Å²) in [6.07, 6.45) is 4.12. The molecule has 0 spiro atoms. The molecule has 0 saturated carbocycles. The van der Waals surface area contributed by atoms with Crippen LogP contribution in [0.4, 0.5) is 0 Å². The number of para-hydroxylation sites is 1. The molecule has 0 atom stereocenters. The number of hydrogen-bond donors (Lipinski definition) is 2. The van der Waals surface area contributed by atoms with E-state index in [4.69, 9.17) is 9.84 Å². The fourth-order valence-corrected chi connectivity index (χ4v) is 2.00. The van der Waals surface area contributed by atoms with Crippen molar-refractivity contribution in [1.29, 1.82) is 0 Å². The summed E-state index contributed by atoms with van der Waals surface area (Å²) >= 11 is 0. The molecule has 0 aliphatic heterocycles. The Labute approximate surface area is 125 Å². The van der Waals surface area contributed by atoms with Gasteiger partial charge in [0.05, 0.1) is 6.20 Å². The van der Waals surface area contributed by atoms with Crippen molar-refractivity contribution in [3.63, 3.8) is 0 Å². The fourth-order valence-electron chi connectivity index (χ4n) is 2.00. The summed E-state index contributed by atoms with van der Waals surface area (Å²) in [6.45, 7) is 5.09. The Morgan fingerprint density at radius 1 is 1.24 bits per heavy atom. The van der Waals surface area contributed by atoms with Gasteiger partial charge in [-0.15, -0.1) is 0 Å². The minimum Gasteiger partial charge on any atom is -0.455 e. The molecule has 0 unspecified atom stereocenters. The number of nitrogens with zero attached hydrogens (tertiary/aromatic N) is 1. The van der Waals surface area contributed by atoms with Crippen molar-refractivity contribution in [3.8, 4) is 11.5 Å². The molecule has 0 bridgehead atoms. The van der Waals surface area contributed by atoms with Gasteiger partial charge in [-0.3, -0.25) is 4.98 Å². The van der Waals surface area contributed by atoms with E-state index in [1.165, 1.54) is 0 Å². The van der Waals surface area contributed by atoms with Gasteiger partial charge in [0.2, 0.25) is 0 Å². The Morgan fingerprint density at radius 2 is 2.05 bits per heavy atom. The highest BCUT2D eigenvalue weighted by molar-refractivity contribution is 5.38. The molecule has 1 aromatic carbocycles. The van der Waals surface area contributed by atoms with Gasteiger partial charge in [-0.1, -0.05) is 32.0 Å². The highest BCUT2D eigenvalue weighted by Gasteiger charge is 2.05. The van der Waals surface area contributed by atoms with Crippen molar-refractivity contribution in [3.05, 3.63) is 53.9 Å². The molecular formula is C17H22N2O2. The molecule has 21 heavy (non-hydrogen) atoms. The molecule has 0 saturated heterocycles. The van der Waals surface area contributed by atoms with Gasteiger partial charge in [0.1, 0.15) is 11.5 Å². The van der Waals surface area contributed by atoms with Crippen molar-refractivity contribution in [2.24, 2.45) is 0 Å². The van der Waals surface area contributed by atoms with Crippen molar-refractivity contribution >= 4 is 0 Å². The maximum Gasteiger partial charge on any atom is 0.146 e. The number of aliphatic hydroxyl groups is 1. The van der Waals surface area contributed by atoms with Crippen molar-refractivity contribution in [2.45, 2.75) is 32.9 Å². The molecule has 2 rings (SSSR count). The van der Waals surface area contributed by atoms with Crippen molar-refractivity contribution in [2.75, 3.05) is 6.61 Å². The quantitative estimate of drug-likeness (QED) is 0.821. The lowest BCUT2D eigenvalue weighted by atomic mass is 10.1. The van der Waals surface area contributed by atoms with E-state index in [2.05, 4.69) is 24.1 Å². The topological polar surface area (TPSA) is 54.4 Å². The molecule has 0 amide bonds. The molecule has 1 heterocycles. The number of aromatic nitrogens is 1. The van der Waals surface area contributed by atoms with Crippen LogP contribution in [0.2, 0.25) is 0 Å². The maximum atomic E-state index is 9.10. The van der Waals surface area contributed by atoms with E-state index < -0.39 is 0 Å². The Morgan fingerprint density at radius 3 is 2.81 bits per heavy atom. The van der Waals surface area contributed by atoms with Crippen LogP contribution in [0.15, 0.2) is 42.7 Å². The van der Waals surface area contributed by atoms with E-state index in [9.17, 15) is 0 Å². The smallest absolute Gasteiger partial charge is 0.146 e. The lowest BCUT2D eigenvalue weighted by molar-refractivity contribution is 0.298. The third-order valence-electron chi connectivity index (χ3n) is 3.07. The van der Waals surface area contributed by atoms with Gasteiger partial charge in [0.15, 0.2) is 0 Å². The third-order valence-corrected chi connectivity index (χ3v) is 3.07. The van der Waals surface area contributed by atoms with Crippen LogP contribution in [0.1, 0.15) is 25.0 Å². The first-order chi connectivity index (χ1) is 10.2. The Bertz CT molecular complexity index is 570. The van der Waals surface area contributed by atoms with Crippen molar-refractivity contribution < 1.29 is 9.84 Å². The molecule has 112 valence electrons. The zero-order valence-electron chi connectivity index (χ0n) is 12.5. The van der Waals surface area contributed by atoms with Gasteiger partial charge in [0, 0.05) is 25.4 Å². The number of ether oxygens (including phenoxy) is 1. The number of rotatable bonds is 7. The zero-order valence-corrected chi connectivity index (χ0v) is 12.5. The van der Waals surface area contributed by atoms with Gasteiger partial charge in [0.25, 0.3) is 0 Å². The lowest BCUT2D eigenvalue weighted by Gasteiger charge is -2.12. The Hall–Kier alpha value is -1.91. The molecule has 2 aromatic rings. The molecule has 0 aliphatic carbocycles. The van der Waals surface area contributed by atoms with Crippen LogP contribution in [0.5, 0.6) is 11.5 Å². The van der Waals surface area contributed by atoms with Crippen LogP contribution < -0.4 is 10.1 Å². The van der Waals surface area contributed by atoms with Gasteiger partial charge >= 0.3 is 0 Å². The lowest BCUT2D eigenvalue weighted by Crippen LogP contribution is -2.21. The molecule has 0 aliphatic rings. The summed E-state index contributed by atoms with van der Waals surface area (Å²) in [6, 6.07) is 10.2. The van der Waals surface area contributed by atoms with Crippen LogP contribution in [-0.2, 0) is 13.0 Å². The van der Waals surface area contributed by atoms with Crippen LogP contribution in [0.25, 0.3) is 0 Å². The first-order valence-corrected chi connectivity index (χ1v) is 7.23. The SMILES string of the molecule is CC(C)NCc1cncc(Oc2ccccc2CCO)c1. The van der Waals surface area contributed by atoms with Crippen LogP contribution >= 0.6 is 0 Å². The van der Waals surface area contributed by atoms with Gasteiger partial charge in [-0.25, -0.2) is 0 Å². The number of benzene rings is 1.